The second-order valence-corrected chi connectivity index (χ2v) is 6.63. The third-order valence-corrected chi connectivity index (χ3v) is 4.51. The SMILES string of the molecule is Cc1ccccc1-c1noc(Cn2cnc3c(Cl)cc(Cl)cc3c2=O)n1. The smallest absolute Gasteiger partial charge is 0.261 e. The highest BCUT2D eigenvalue weighted by Crippen LogP contribution is 2.24. The average Bonchev–Trinajstić information content (AvgIpc) is 3.06. The lowest BCUT2D eigenvalue weighted by Crippen LogP contribution is -2.21. The van der Waals surface area contributed by atoms with Crippen LogP contribution in [0.15, 0.2) is 52.0 Å². The molecule has 2 aromatic heterocycles. The molecule has 0 aliphatic heterocycles. The van der Waals surface area contributed by atoms with E-state index in [1.165, 1.54) is 10.9 Å². The van der Waals surface area contributed by atoms with E-state index in [0.717, 1.165) is 11.1 Å². The molecule has 2 aromatic carbocycles. The molecule has 0 N–H and O–H groups in total. The van der Waals surface area contributed by atoms with E-state index in [4.69, 9.17) is 27.7 Å². The largest absolute Gasteiger partial charge is 0.337 e. The van der Waals surface area contributed by atoms with Crippen molar-refractivity contribution < 1.29 is 4.52 Å². The lowest BCUT2D eigenvalue weighted by molar-refractivity contribution is 0.369. The molecule has 0 unspecified atom stereocenters. The normalized spacial score (nSPS) is 11.2. The van der Waals surface area contributed by atoms with E-state index in [1.54, 1.807) is 12.1 Å². The Hall–Kier alpha value is -2.70. The molecule has 4 aromatic rings. The Morgan fingerprint density at radius 1 is 1.19 bits per heavy atom. The molecule has 0 saturated heterocycles. The van der Waals surface area contributed by atoms with Crippen molar-refractivity contribution in [3.05, 3.63) is 74.6 Å². The summed E-state index contributed by atoms with van der Waals surface area (Å²) in [5.74, 6) is 0.783. The minimum atomic E-state index is -0.282. The van der Waals surface area contributed by atoms with Gasteiger partial charge in [-0.1, -0.05) is 52.6 Å². The number of fused-ring (bicyclic) bond motifs is 1. The Bertz CT molecular complexity index is 1180. The zero-order valence-electron chi connectivity index (χ0n) is 13.6. The Labute approximate surface area is 158 Å². The van der Waals surface area contributed by atoms with Crippen molar-refractivity contribution in [2.24, 2.45) is 0 Å². The van der Waals surface area contributed by atoms with Crippen molar-refractivity contribution >= 4 is 34.1 Å². The van der Waals surface area contributed by atoms with Gasteiger partial charge in [0.05, 0.1) is 22.3 Å². The summed E-state index contributed by atoms with van der Waals surface area (Å²) in [5.41, 5.74) is 2.04. The van der Waals surface area contributed by atoms with Crippen LogP contribution in [0.3, 0.4) is 0 Å². The molecule has 6 nitrogen and oxygen atoms in total. The summed E-state index contributed by atoms with van der Waals surface area (Å²) in [5, 5.41) is 5.04. The fraction of sp³-hybridized carbons (Fsp3) is 0.111. The summed E-state index contributed by atoms with van der Waals surface area (Å²) in [6.45, 7) is 2.07. The van der Waals surface area contributed by atoms with Gasteiger partial charge in [-0.05, 0) is 24.6 Å². The molecule has 0 aliphatic rings. The number of aryl methyl sites for hydroxylation is 1. The maximum atomic E-state index is 12.7. The number of hydrogen-bond acceptors (Lipinski definition) is 5. The van der Waals surface area contributed by atoms with Gasteiger partial charge in [0.25, 0.3) is 5.56 Å². The quantitative estimate of drug-likeness (QED) is 0.529. The third-order valence-electron chi connectivity index (χ3n) is 4.01. The first-order valence-corrected chi connectivity index (χ1v) is 8.51. The number of halogens is 2. The Morgan fingerprint density at radius 2 is 2.00 bits per heavy atom. The monoisotopic (exact) mass is 386 g/mol. The lowest BCUT2D eigenvalue weighted by atomic mass is 10.1. The van der Waals surface area contributed by atoms with E-state index < -0.39 is 0 Å². The Balaban J connectivity index is 1.72. The van der Waals surface area contributed by atoms with Gasteiger partial charge >= 0.3 is 0 Å². The molecule has 0 fully saturated rings. The molecule has 0 atom stereocenters. The van der Waals surface area contributed by atoms with Crippen LogP contribution < -0.4 is 5.56 Å². The van der Waals surface area contributed by atoms with Crippen LogP contribution >= 0.6 is 23.2 Å². The number of nitrogens with zero attached hydrogens (tertiary/aromatic N) is 4. The Kier molecular flexibility index (Phi) is 4.22. The van der Waals surface area contributed by atoms with Crippen molar-refractivity contribution in [1.29, 1.82) is 0 Å². The van der Waals surface area contributed by atoms with Gasteiger partial charge in [-0.15, -0.1) is 0 Å². The van der Waals surface area contributed by atoms with Crippen LogP contribution in [-0.2, 0) is 6.54 Å². The van der Waals surface area contributed by atoms with Gasteiger partial charge in [0.1, 0.15) is 6.54 Å². The lowest BCUT2D eigenvalue weighted by Gasteiger charge is -2.05. The standard InChI is InChI=1S/C18H12Cl2N4O2/c1-10-4-2-3-5-12(10)17-22-15(26-23-17)8-24-9-21-16-13(18(24)25)6-11(19)7-14(16)20/h2-7,9H,8H2,1H3. The second kappa shape index (κ2) is 6.55. The minimum Gasteiger partial charge on any atom is -0.337 e. The number of benzene rings is 2. The van der Waals surface area contributed by atoms with Crippen LogP contribution in [0.2, 0.25) is 10.0 Å². The molecule has 130 valence electrons. The fourth-order valence-electron chi connectivity index (χ4n) is 2.71. The van der Waals surface area contributed by atoms with Gasteiger partial charge in [-0.3, -0.25) is 9.36 Å². The molecule has 0 saturated carbocycles. The van der Waals surface area contributed by atoms with Crippen molar-refractivity contribution in [1.82, 2.24) is 19.7 Å². The highest BCUT2D eigenvalue weighted by molar-refractivity contribution is 6.38. The summed E-state index contributed by atoms with van der Waals surface area (Å²) in [4.78, 5) is 21.3. The summed E-state index contributed by atoms with van der Waals surface area (Å²) < 4.78 is 6.67. The first-order valence-electron chi connectivity index (χ1n) is 7.76. The van der Waals surface area contributed by atoms with Crippen LogP contribution in [0.5, 0.6) is 0 Å². The zero-order valence-corrected chi connectivity index (χ0v) is 15.1. The first kappa shape index (κ1) is 16.8. The van der Waals surface area contributed by atoms with E-state index >= 15 is 0 Å². The topological polar surface area (TPSA) is 73.8 Å². The average molecular weight is 387 g/mol. The van der Waals surface area contributed by atoms with Gasteiger partial charge in [-0.2, -0.15) is 4.98 Å². The maximum absolute atomic E-state index is 12.7. The van der Waals surface area contributed by atoms with Crippen LogP contribution in [0, 0.1) is 6.92 Å². The molecule has 2 heterocycles. The van der Waals surface area contributed by atoms with Gasteiger partial charge in [0.15, 0.2) is 0 Å². The molecule has 26 heavy (non-hydrogen) atoms. The molecular formula is C18H12Cl2N4O2. The molecular weight excluding hydrogens is 375 g/mol. The van der Waals surface area contributed by atoms with Crippen molar-refractivity contribution in [2.45, 2.75) is 13.5 Å². The number of rotatable bonds is 3. The number of aromatic nitrogens is 4. The van der Waals surface area contributed by atoms with E-state index in [1.807, 2.05) is 31.2 Å². The zero-order chi connectivity index (χ0) is 18.3. The molecule has 0 aliphatic carbocycles. The van der Waals surface area contributed by atoms with Crippen LogP contribution in [0.4, 0.5) is 0 Å². The van der Waals surface area contributed by atoms with Gasteiger partial charge in [0.2, 0.25) is 11.7 Å². The number of hydrogen-bond donors (Lipinski definition) is 0. The van der Waals surface area contributed by atoms with Gasteiger partial charge in [0, 0.05) is 10.6 Å². The van der Waals surface area contributed by atoms with Gasteiger partial charge in [-0.25, -0.2) is 4.98 Å². The molecule has 4 rings (SSSR count). The molecule has 0 radical (unpaired) electrons. The van der Waals surface area contributed by atoms with E-state index in [9.17, 15) is 4.79 Å². The summed E-state index contributed by atoms with van der Waals surface area (Å²) in [7, 11) is 0. The molecule has 8 heteroatoms. The summed E-state index contributed by atoms with van der Waals surface area (Å²) in [6, 6.07) is 10.8. The Morgan fingerprint density at radius 3 is 2.81 bits per heavy atom. The molecule has 0 amide bonds. The summed E-state index contributed by atoms with van der Waals surface area (Å²) >= 11 is 12.1. The predicted molar refractivity (Wildman–Crippen MR) is 99.6 cm³/mol. The van der Waals surface area contributed by atoms with Crippen molar-refractivity contribution in [2.75, 3.05) is 0 Å². The fourth-order valence-corrected chi connectivity index (χ4v) is 3.25. The minimum absolute atomic E-state index is 0.102. The first-order chi connectivity index (χ1) is 12.5. The van der Waals surface area contributed by atoms with E-state index in [2.05, 4.69) is 15.1 Å². The molecule has 0 bridgehead atoms. The van der Waals surface area contributed by atoms with Crippen LogP contribution in [0.25, 0.3) is 22.3 Å². The van der Waals surface area contributed by atoms with E-state index in [0.29, 0.717) is 32.7 Å². The van der Waals surface area contributed by atoms with Gasteiger partial charge < -0.3 is 4.52 Å². The summed E-state index contributed by atoms with van der Waals surface area (Å²) in [6.07, 6.45) is 1.40. The van der Waals surface area contributed by atoms with Crippen LogP contribution in [0.1, 0.15) is 11.5 Å². The van der Waals surface area contributed by atoms with E-state index in [-0.39, 0.29) is 12.1 Å². The predicted octanol–water partition coefficient (Wildman–Crippen LogP) is 4.11. The highest BCUT2D eigenvalue weighted by Gasteiger charge is 2.14. The van der Waals surface area contributed by atoms with Crippen molar-refractivity contribution in [3.63, 3.8) is 0 Å². The maximum Gasteiger partial charge on any atom is 0.261 e. The van der Waals surface area contributed by atoms with Crippen molar-refractivity contribution in [3.8, 4) is 11.4 Å². The second-order valence-electron chi connectivity index (χ2n) is 5.79. The van der Waals surface area contributed by atoms with Crippen LogP contribution in [-0.4, -0.2) is 19.7 Å². The molecule has 0 spiro atoms. The highest BCUT2D eigenvalue weighted by atomic mass is 35.5. The third kappa shape index (κ3) is 2.98.